The predicted molar refractivity (Wildman–Crippen MR) is 100 cm³/mol. The number of phenolic OH excluding ortho intramolecular Hbond substituents is 1. The molecule has 0 unspecified atom stereocenters. The lowest BCUT2D eigenvalue weighted by Gasteiger charge is -2.38. The van der Waals surface area contributed by atoms with Crippen LogP contribution >= 0.6 is 0 Å². The number of hydrogen-bond donors (Lipinski definition) is 3. The van der Waals surface area contributed by atoms with Gasteiger partial charge in [0.1, 0.15) is 5.75 Å². The van der Waals surface area contributed by atoms with Gasteiger partial charge in [-0.3, -0.25) is 9.69 Å². The summed E-state index contributed by atoms with van der Waals surface area (Å²) >= 11 is 0. The largest absolute Gasteiger partial charge is 0.508 e. The second-order valence-corrected chi connectivity index (χ2v) is 7.03. The minimum absolute atomic E-state index is 0.0204. The van der Waals surface area contributed by atoms with Crippen molar-refractivity contribution in [2.75, 3.05) is 19.6 Å². The topological polar surface area (TPSA) is 76.6 Å². The summed E-state index contributed by atoms with van der Waals surface area (Å²) in [4.78, 5) is 17.9. The van der Waals surface area contributed by atoms with Gasteiger partial charge >= 0.3 is 0 Å². The number of aromatic hydroxyl groups is 1. The maximum atomic E-state index is 12.7. The first kappa shape index (κ1) is 16.8. The maximum absolute atomic E-state index is 12.7. The molecule has 0 spiro atoms. The summed E-state index contributed by atoms with van der Waals surface area (Å²) < 4.78 is 0. The van der Waals surface area contributed by atoms with Gasteiger partial charge in [0.05, 0.1) is 12.1 Å². The molecule has 1 saturated heterocycles. The first-order chi connectivity index (χ1) is 12.5. The average molecular weight is 350 g/mol. The Hall–Kier alpha value is -2.63. The molecule has 5 nitrogen and oxygen atoms in total. The van der Waals surface area contributed by atoms with E-state index in [1.165, 1.54) is 0 Å². The predicted octanol–water partition coefficient (Wildman–Crippen LogP) is 3.04. The third kappa shape index (κ3) is 3.11. The van der Waals surface area contributed by atoms with E-state index in [9.17, 15) is 15.0 Å². The number of nitrogens with zero attached hydrogens (tertiary/aromatic N) is 1. The van der Waals surface area contributed by atoms with Crippen LogP contribution in [0.15, 0.2) is 54.7 Å². The van der Waals surface area contributed by atoms with Gasteiger partial charge in [0.2, 0.25) is 0 Å². The lowest BCUT2D eigenvalue weighted by molar-refractivity contribution is -0.0245. The van der Waals surface area contributed by atoms with Crippen molar-refractivity contribution in [3.63, 3.8) is 0 Å². The van der Waals surface area contributed by atoms with E-state index in [0.717, 1.165) is 16.5 Å². The number of aliphatic hydroxyl groups is 1. The second-order valence-electron chi connectivity index (χ2n) is 7.03. The molecule has 2 heterocycles. The minimum atomic E-state index is -0.812. The van der Waals surface area contributed by atoms with Crippen molar-refractivity contribution in [2.24, 2.45) is 0 Å². The number of likely N-dealkylation sites (tertiary alicyclic amines) is 1. The van der Waals surface area contributed by atoms with E-state index < -0.39 is 5.60 Å². The molecule has 3 N–H and O–H groups in total. The molecule has 26 heavy (non-hydrogen) atoms. The standard InChI is InChI=1S/C21H22N2O3/c24-16-6-7-19-17(12-16)18(13-22-19)20(25)14-23-10-8-21(26,9-11-23)15-4-2-1-3-5-15/h1-7,12-13,22,24,26H,8-11,14H2. The monoisotopic (exact) mass is 350 g/mol. The molecule has 5 heteroatoms. The lowest BCUT2D eigenvalue weighted by atomic mass is 9.84. The Morgan fingerprint density at radius 1 is 1.12 bits per heavy atom. The van der Waals surface area contributed by atoms with Gasteiger partial charge in [0, 0.05) is 35.8 Å². The Balaban J connectivity index is 1.44. The van der Waals surface area contributed by atoms with E-state index in [1.54, 1.807) is 24.4 Å². The molecule has 1 aliphatic rings. The fourth-order valence-corrected chi connectivity index (χ4v) is 3.75. The van der Waals surface area contributed by atoms with Crippen molar-refractivity contribution in [3.05, 3.63) is 65.9 Å². The Labute approximate surface area is 151 Å². The quantitative estimate of drug-likeness (QED) is 0.632. The number of hydrogen-bond acceptors (Lipinski definition) is 4. The highest BCUT2D eigenvalue weighted by Crippen LogP contribution is 2.32. The van der Waals surface area contributed by atoms with Crippen LogP contribution in [0.1, 0.15) is 28.8 Å². The number of ketones is 1. The molecule has 0 aliphatic carbocycles. The molecule has 1 aromatic heterocycles. The van der Waals surface area contributed by atoms with E-state index in [4.69, 9.17) is 0 Å². The van der Waals surface area contributed by atoms with E-state index >= 15 is 0 Å². The fraction of sp³-hybridized carbons (Fsp3) is 0.286. The molecule has 134 valence electrons. The number of aromatic amines is 1. The number of Topliss-reactive ketones (excluding diaryl/α,β-unsaturated/α-hetero) is 1. The number of nitrogens with one attached hydrogen (secondary N) is 1. The fourth-order valence-electron chi connectivity index (χ4n) is 3.75. The molecular formula is C21H22N2O3. The zero-order valence-electron chi connectivity index (χ0n) is 14.5. The van der Waals surface area contributed by atoms with Crippen molar-refractivity contribution >= 4 is 16.7 Å². The summed E-state index contributed by atoms with van der Waals surface area (Å²) in [6, 6.07) is 14.7. The van der Waals surface area contributed by atoms with Gasteiger partial charge in [0.15, 0.2) is 5.78 Å². The number of fused-ring (bicyclic) bond motifs is 1. The van der Waals surface area contributed by atoms with Crippen molar-refractivity contribution in [2.45, 2.75) is 18.4 Å². The third-order valence-corrected chi connectivity index (χ3v) is 5.33. The van der Waals surface area contributed by atoms with Crippen LogP contribution in [-0.2, 0) is 5.60 Å². The van der Waals surface area contributed by atoms with Crippen LogP contribution in [0, 0.1) is 0 Å². The average Bonchev–Trinajstić information content (AvgIpc) is 3.07. The number of benzene rings is 2. The molecule has 4 rings (SSSR count). The Bertz CT molecular complexity index is 925. The first-order valence-electron chi connectivity index (χ1n) is 8.89. The molecule has 1 aliphatic heterocycles. The summed E-state index contributed by atoms with van der Waals surface area (Å²) in [5, 5.41) is 21.3. The van der Waals surface area contributed by atoms with Gasteiger partial charge in [-0.15, -0.1) is 0 Å². The van der Waals surface area contributed by atoms with Gasteiger partial charge in [-0.2, -0.15) is 0 Å². The van der Waals surface area contributed by atoms with Gasteiger partial charge in [-0.25, -0.2) is 0 Å². The SMILES string of the molecule is O=C(CN1CCC(O)(c2ccccc2)CC1)c1c[nH]c2ccc(O)cc12. The van der Waals surface area contributed by atoms with E-state index in [-0.39, 0.29) is 11.5 Å². The second kappa shape index (κ2) is 6.59. The smallest absolute Gasteiger partial charge is 0.178 e. The van der Waals surface area contributed by atoms with Gasteiger partial charge in [-0.1, -0.05) is 30.3 Å². The molecule has 3 aromatic rings. The third-order valence-electron chi connectivity index (χ3n) is 5.33. The van der Waals surface area contributed by atoms with Gasteiger partial charge < -0.3 is 15.2 Å². The Morgan fingerprint density at radius 2 is 1.85 bits per heavy atom. The number of piperidine rings is 1. The molecule has 2 aromatic carbocycles. The number of phenols is 1. The number of carbonyl (C=O) groups excluding carboxylic acids is 1. The zero-order valence-corrected chi connectivity index (χ0v) is 14.5. The summed E-state index contributed by atoms with van der Waals surface area (Å²) in [6.45, 7) is 1.66. The summed E-state index contributed by atoms with van der Waals surface area (Å²) in [5.41, 5.74) is 1.56. The molecule has 1 fully saturated rings. The Kier molecular flexibility index (Phi) is 4.26. The van der Waals surface area contributed by atoms with Gasteiger partial charge in [-0.05, 0) is 36.6 Å². The van der Waals surface area contributed by atoms with Crippen LogP contribution < -0.4 is 0 Å². The van der Waals surface area contributed by atoms with Crippen molar-refractivity contribution in [3.8, 4) is 5.75 Å². The van der Waals surface area contributed by atoms with Crippen LogP contribution in [0.4, 0.5) is 0 Å². The number of aromatic nitrogens is 1. The minimum Gasteiger partial charge on any atom is -0.508 e. The molecule has 0 bridgehead atoms. The highest BCUT2D eigenvalue weighted by molar-refractivity contribution is 6.09. The first-order valence-corrected chi connectivity index (χ1v) is 8.89. The van der Waals surface area contributed by atoms with E-state index in [2.05, 4.69) is 9.88 Å². The Morgan fingerprint density at radius 3 is 2.58 bits per heavy atom. The highest BCUT2D eigenvalue weighted by Gasteiger charge is 2.34. The van der Waals surface area contributed by atoms with Crippen LogP contribution in [0.25, 0.3) is 10.9 Å². The maximum Gasteiger partial charge on any atom is 0.178 e. The molecule has 0 amide bonds. The van der Waals surface area contributed by atoms with Gasteiger partial charge in [0.25, 0.3) is 0 Å². The summed E-state index contributed by atoms with van der Waals surface area (Å²) in [6.07, 6.45) is 2.93. The molecule has 0 saturated carbocycles. The summed E-state index contributed by atoms with van der Waals surface area (Å²) in [7, 11) is 0. The number of carbonyl (C=O) groups is 1. The normalized spacial score (nSPS) is 17.4. The van der Waals surface area contributed by atoms with Crippen molar-refractivity contribution < 1.29 is 15.0 Å². The zero-order chi connectivity index (χ0) is 18.1. The van der Waals surface area contributed by atoms with E-state index in [1.807, 2.05) is 30.3 Å². The summed E-state index contributed by atoms with van der Waals surface area (Å²) in [5.74, 6) is 0.170. The lowest BCUT2D eigenvalue weighted by Crippen LogP contribution is -2.44. The molecular weight excluding hydrogens is 328 g/mol. The van der Waals surface area contributed by atoms with Crippen LogP contribution in [-0.4, -0.2) is 45.5 Å². The highest BCUT2D eigenvalue weighted by atomic mass is 16.3. The van der Waals surface area contributed by atoms with Crippen molar-refractivity contribution in [1.82, 2.24) is 9.88 Å². The number of rotatable bonds is 4. The number of H-pyrrole nitrogens is 1. The molecule has 0 radical (unpaired) electrons. The van der Waals surface area contributed by atoms with Crippen molar-refractivity contribution in [1.29, 1.82) is 0 Å². The van der Waals surface area contributed by atoms with Crippen LogP contribution in [0.5, 0.6) is 5.75 Å². The van der Waals surface area contributed by atoms with E-state index in [0.29, 0.717) is 38.0 Å². The van der Waals surface area contributed by atoms with Crippen LogP contribution in [0.2, 0.25) is 0 Å². The van der Waals surface area contributed by atoms with Crippen LogP contribution in [0.3, 0.4) is 0 Å². The molecule has 0 atom stereocenters.